The van der Waals surface area contributed by atoms with E-state index in [-0.39, 0.29) is 16.2 Å². The van der Waals surface area contributed by atoms with Crippen LogP contribution in [-0.4, -0.2) is 52.0 Å². The second-order valence-corrected chi connectivity index (χ2v) is 7.01. The van der Waals surface area contributed by atoms with Gasteiger partial charge in [-0.25, -0.2) is 0 Å². The van der Waals surface area contributed by atoms with E-state index >= 15 is 0 Å². The van der Waals surface area contributed by atoms with Gasteiger partial charge in [-0.05, 0) is 50.3 Å². The Morgan fingerprint density at radius 1 is 1.27 bits per heavy atom. The SMILES string of the molecule is O=c1[nH]c(=S)n(-c2ccccc2Cl)c(O)c1C=NCCN1CCCCC1. The third-order valence-corrected chi connectivity index (χ3v) is 5.03. The lowest BCUT2D eigenvalue weighted by atomic mass is 10.1. The van der Waals surface area contributed by atoms with Crippen LogP contribution < -0.4 is 5.56 Å². The molecule has 2 heterocycles. The molecule has 0 spiro atoms. The number of hydrogen-bond donors (Lipinski definition) is 2. The van der Waals surface area contributed by atoms with E-state index in [1.54, 1.807) is 24.3 Å². The van der Waals surface area contributed by atoms with Gasteiger partial charge in [0.15, 0.2) is 4.77 Å². The van der Waals surface area contributed by atoms with E-state index in [1.807, 2.05) is 0 Å². The van der Waals surface area contributed by atoms with E-state index in [0.29, 0.717) is 17.3 Å². The Bertz CT molecular complexity index is 916. The zero-order valence-electron chi connectivity index (χ0n) is 14.3. The summed E-state index contributed by atoms with van der Waals surface area (Å²) < 4.78 is 1.41. The van der Waals surface area contributed by atoms with Crippen LogP contribution in [0.1, 0.15) is 24.8 Å². The van der Waals surface area contributed by atoms with Gasteiger partial charge < -0.3 is 10.0 Å². The largest absolute Gasteiger partial charge is 0.494 e. The van der Waals surface area contributed by atoms with E-state index in [9.17, 15) is 9.90 Å². The van der Waals surface area contributed by atoms with Gasteiger partial charge in [0.1, 0.15) is 5.56 Å². The molecule has 1 aliphatic rings. The predicted molar refractivity (Wildman–Crippen MR) is 107 cm³/mol. The number of aromatic hydroxyl groups is 1. The Labute approximate surface area is 161 Å². The summed E-state index contributed by atoms with van der Waals surface area (Å²) in [4.78, 5) is 21.4. The molecule has 1 aromatic heterocycles. The van der Waals surface area contributed by atoms with Crippen molar-refractivity contribution in [3.63, 3.8) is 0 Å². The second kappa shape index (κ2) is 8.62. The highest BCUT2D eigenvalue weighted by atomic mass is 35.5. The summed E-state index contributed by atoms with van der Waals surface area (Å²) in [5.41, 5.74) is 0.0885. The second-order valence-electron chi connectivity index (χ2n) is 6.22. The Kier molecular flexibility index (Phi) is 6.24. The zero-order valence-corrected chi connectivity index (χ0v) is 15.9. The van der Waals surface area contributed by atoms with Crippen molar-refractivity contribution in [2.24, 2.45) is 4.99 Å². The van der Waals surface area contributed by atoms with Crippen LogP contribution in [0.4, 0.5) is 0 Å². The van der Waals surface area contributed by atoms with Crippen LogP contribution >= 0.6 is 23.8 Å². The Hall–Kier alpha value is -1.96. The number of likely N-dealkylation sites (tertiary alicyclic amines) is 1. The van der Waals surface area contributed by atoms with Gasteiger partial charge in [-0.2, -0.15) is 0 Å². The van der Waals surface area contributed by atoms with Gasteiger partial charge in [-0.1, -0.05) is 30.2 Å². The molecule has 138 valence electrons. The first kappa shape index (κ1) is 18.8. The standard InChI is InChI=1S/C18H21ClN4O2S/c19-14-6-2-3-7-15(14)23-17(25)13(16(24)21-18(23)26)12-20-8-11-22-9-4-1-5-10-22/h2-3,6-7,12,25H,1,4-5,8-11H2,(H,21,24,26). The van der Waals surface area contributed by atoms with Crippen LogP contribution in [0.3, 0.4) is 0 Å². The van der Waals surface area contributed by atoms with Crippen LogP contribution in [0.5, 0.6) is 5.88 Å². The number of hydrogen-bond acceptors (Lipinski definition) is 5. The molecule has 2 N–H and O–H groups in total. The number of aliphatic imine (C=N–C) groups is 1. The summed E-state index contributed by atoms with van der Waals surface area (Å²) in [6.07, 6.45) is 5.14. The first-order valence-corrected chi connectivity index (χ1v) is 9.42. The van der Waals surface area contributed by atoms with E-state index in [4.69, 9.17) is 23.8 Å². The number of nitrogens with one attached hydrogen (secondary N) is 1. The van der Waals surface area contributed by atoms with Crippen molar-refractivity contribution in [2.75, 3.05) is 26.2 Å². The average Bonchev–Trinajstić information content (AvgIpc) is 2.63. The van der Waals surface area contributed by atoms with Crippen LogP contribution in [0.25, 0.3) is 5.69 Å². The molecule has 0 amide bonds. The topological polar surface area (TPSA) is 73.6 Å². The Balaban J connectivity index is 1.84. The molecule has 0 aliphatic carbocycles. The fourth-order valence-corrected chi connectivity index (χ4v) is 3.55. The zero-order chi connectivity index (χ0) is 18.5. The molecule has 0 unspecified atom stereocenters. The molecule has 26 heavy (non-hydrogen) atoms. The van der Waals surface area contributed by atoms with Gasteiger partial charge in [-0.3, -0.25) is 19.3 Å². The summed E-state index contributed by atoms with van der Waals surface area (Å²) in [7, 11) is 0. The van der Waals surface area contributed by atoms with Gasteiger partial charge in [0, 0.05) is 12.8 Å². The minimum Gasteiger partial charge on any atom is -0.494 e. The maximum Gasteiger partial charge on any atom is 0.264 e. The van der Waals surface area contributed by atoms with Gasteiger partial charge >= 0.3 is 0 Å². The number of rotatable bonds is 5. The van der Waals surface area contributed by atoms with Crippen LogP contribution in [0.15, 0.2) is 34.1 Å². The normalized spacial score (nSPS) is 15.6. The minimum atomic E-state index is -0.475. The quantitative estimate of drug-likeness (QED) is 0.605. The lowest BCUT2D eigenvalue weighted by Gasteiger charge is -2.25. The summed E-state index contributed by atoms with van der Waals surface area (Å²) in [6.45, 7) is 3.61. The molecule has 8 heteroatoms. The number of nitrogens with zero attached hydrogens (tertiary/aromatic N) is 3. The van der Waals surface area contributed by atoms with Gasteiger partial charge in [0.05, 0.1) is 17.3 Å². The molecule has 0 saturated carbocycles. The average molecular weight is 393 g/mol. The number of piperidine rings is 1. The van der Waals surface area contributed by atoms with Crippen molar-refractivity contribution in [2.45, 2.75) is 19.3 Å². The summed E-state index contributed by atoms with van der Waals surface area (Å²) in [5.74, 6) is -0.270. The van der Waals surface area contributed by atoms with Gasteiger partial charge in [-0.15, -0.1) is 0 Å². The Morgan fingerprint density at radius 2 is 2.00 bits per heavy atom. The first-order valence-electron chi connectivity index (χ1n) is 8.63. The molecule has 1 fully saturated rings. The van der Waals surface area contributed by atoms with Crippen molar-refractivity contribution < 1.29 is 5.11 Å². The molecule has 2 aromatic rings. The van der Waals surface area contributed by atoms with E-state index in [0.717, 1.165) is 19.6 Å². The smallest absolute Gasteiger partial charge is 0.264 e. The van der Waals surface area contributed by atoms with Crippen molar-refractivity contribution in [3.05, 3.63) is 50.0 Å². The van der Waals surface area contributed by atoms with Crippen molar-refractivity contribution >= 4 is 30.0 Å². The van der Waals surface area contributed by atoms with E-state index in [2.05, 4.69) is 14.9 Å². The lowest BCUT2D eigenvalue weighted by Crippen LogP contribution is -2.31. The third kappa shape index (κ3) is 4.23. The molecule has 3 rings (SSSR count). The first-order chi connectivity index (χ1) is 12.6. The highest BCUT2D eigenvalue weighted by Gasteiger charge is 2.14. The molecule has 6 nitrogen and oxygen atoms in total. The molecule has 0 atom stereocenters. The molecule has 1 aromatic carbocycles. The predicted octanol–water partition coefficient (Wildman–Crippen LogP) is 3.16. The van der Waals surface area contributed by atoms with Crippen LogP contribution in [0.2, 0.25) is 5.02 Å². The fourth-order valence-electron chi connectivity index (χ4n) is 3.05. The molecular formula is C18H21ClN4O2S. The van der Waals surface area contributed by atoms with E-state index < -0.39 is 5.56 Å². The summed E-state index contributed by atoms with van der Waals surface area (Å²) in [6, 6.07) is 6.96. The highest BCUT2D eigenvalue weighted by Crippen LogP contribution is 2.25. The lowest BCUT2D eigenvalue weighted by molar-refractivity contribution is 0.235. The molecular weight excluding hydrogens is 372 g/mol. The highest BCUT2D eigenvalue weighted by molar-refractivity contribution is 7.71. The van der Waals surface area contributed by atoms with Gasteiger partial charge in [0.25, 0.3) is 5.56 Å². The molecule has 1 aliphatic heterocycles. The molecule has 0 bridgehead atoms. The van der Waals surface area contributed by atoms with Crippen LogP contribution in [-0.2, 0) is 0 Å². The van der Waals surface area contributed by atoms with Gasteiger partial charge in [0.2, 0.25) is 5.88 Å². The Morgan fingerprint density at radius 3 is 2.73 bits per heavy atom. The monoisotopic (exact) mass is 392 g/mol. The third-order valence-electron chi connectivity index (χ3n) is 4.43. The maximum absolute atomic E-state index is 12.2. The maximum atomic E-state index is 12.2. The van der Waals surface area contributed by atoms with Crippen molar-refractivity contribution in [1.82, 2.24) is 14.5 Å². The van der Waals surface area contributed by atoms with Crippen LogP contribution in [0, 0.1) is 4.77 Å². The number of para-hydroxylation sites is 1. The summed E-state index contributed by atoms with van der Waals surface area (Å²) >= 11 is 11.4. The number of halogens is 1. The van der Waals surface area contributed by atoms with Crippen molar-refractivity contribution in [1.29, 1.82) is 0 Å². The fraction of sp³-hybridized carbons (Fsp3) is 0.389. The number of aromatic nitrogens is 2. The summed E-state index contributed by atoms with van der Waals surface area (Å²) in [5, 5.41) is 11.0. The molecule has 1 saturated heterocycles. The number of aromatic amines is 1. The van der Waals surface area contributed by atoms with Crippen molar-refractivity contribution in [3.8, 4) is 11.6 Å². The number of benzene rings is 1. The number of H-pyrrole nitrogens is 1. The molecule has 0 radical (unpaired) electrons. The minimum absolute atomic E-state index is 0.0668. The van der Waals surface area contributed by atoms with E-state index in [1.165, 1.54) is 30.0 Å².